The van der Waals surface area contributed by atoms with E-state index < -0.39 is 0 Å². The number of rotatable bonds is 5. The van der Waals surface area contributed by atoms with Gasteiger partial charge in [-0.3, -0.25) is 0 Å². The average molecular weight is 334 g/mol. The third-order valence-electron chi connectivity index (χ3n) is 4.04. The van der Waals surface area contributed by atoms with Gasteiger partial charge >= 0.3 is 0 Å². The Morgan fingerprint density at radius 1 is 0.917 bits per heavy atom. The molecule has 0 saturated carbocycles. The second kappa shape index (κ2) is 6.53. The van der Waals surface area contributed by atoms with Gasteiger partial charge in [0.05, 0.1) is 0 Å². The molecule has 2 aromatic carbocycles. The van der Waals surface area contributed by atoms with Crippen LogP contribution in [0.3, 0.4) is 0 Å². The van der Waals surface area contributed by atoms with Crippen LogP contribution in [-0.2, 0) is 12.8 Å². The van der Waals surface area contributed by atoms with Gasteiger partial charge in [0.2, 0.25) is 4.96 Å². The summed E-state index contributed by atoms with van der Waals surface area (Å²) >= 11 is 1.63. The van der Waals surface area contributed by atoms with Gasteiger partial charge in [-0.05, 0) is 25.3 Å². The molecule has 0 N–H and O–H groups in total. The van der Waals surface area contributed by atoms with Gasteiger partial charge in [-0.1, -0.05) is 71.5 Å². The van der Waals surface area contributed by atoms with Crippen molar-refractivity contribution in [1.82, 2.24) is 19.8 Å². The standard InChI is InChI=1S/C19H18N4S/c1-14-10-12-16(13-11-14)18-20-21-19-23(18)22-17(24-19)9-5-8-15-6-3-2-4-7-15/h2-4,6-7,10-13H,5,8-9H2,1H3. The summed E-state index contributed by atoms with van der Waals surface area (Å²) in [6.07, 6.45) is 3.13. The third-order valence-corrected chi connectivity index (χ3v) is 5.00. The minimum Gasteiger partial charge on any atom is -0.183 e. The molecule has 120 valence electrons. The van der Waals surface area contributed by atoms with Gasteiger partial charge in [0, 0.05) is 12.0 Å². The van der Waals surface area contributed by atoms with Crippen LogP contribution < -0.4 is 0 Å². The quantitative estimate of drug-likeness (QED) is 0.545. The summed E-state index contributed by atoms with van der Waals surface area (Å²) in [6.45, 7) is 2.08. The molecule has 0 atom stereocenters. The zero-order valence-corrected chi connectivity index (χ0v) is 14.3. The van der Waals surface area contributed by atoms with E-state index in [4.69, 9.17) is 5.10 Å². The summed E-state index contributed by atoms with van der Waals surface area (Å²) in [7, 11) is 0. The van der Waals surface area contributed by atoms with Crippen molar-refractivity contribution < 1.29 is 0 Å². The van der Waals surface area contributed by atoms with Crippen LogP contribution in [0.25, 0.3) is 16.3 Å². The first-order valence-electron chi connectivity index (χ1n) is 8.12. The maximum atomic E-state index is 4.71. The molecular formula is C19H18N4S. The predicted octanol–water partition coefficient (Wildman–Crippen LogP) is 4.34. The number of nitrogens with zero attached hydrogens (tertiary/aromatic N) is 4. The Morgan fingerprint density at radius 3 is 2.50 bits per heavy atom. The molecule has 4 rings (SSSR count). The van der Waals surface area contributed by atoms with Crippen molar-refractivity contribution in [1.29, 1.82) is 0 Å². The number of hydrogen-bond donors (Lipinski definition) is 0. The lowest BCUT2D eigenvalue weighted by Gasteiger charge is -1.99. The molecular weight excluding hydrogens is 316 g/mol. The topological polar surface area (TPSA) is 43.1 Å². The lowest BCUT2D eigenvalue weighted by atomic mass is 10.1. The Hall–Kier alpha value is -2.53. The minimum absolute atomic E-state index is 0.815. The lowest BCUT2D eigenvalue weighted by molar-refractivity contribution is 0.789. The van der Waals surface area contributed by atoms with Crippen molar-refractivity contribution in [3.63, 3.8) is 0 Å². The van der Waals surface area contributed by atoms with Gasteiger partial charge in [-0.25, -0.2) is 0 Å². The maximum absolute atomic E-state index is 4.71. The molecule has 24 heavy (non-hydrogen) atoms. The average Bonchev–Trinajstić information content (AvgIpc) is 3.17. The number of aryl methyl sites for hydroxylation is 3. The molecule has 0 bridgehead atoms. The molecule has 2 aromatic heterocycles. The lowest BCUT2D eigenvalue weighted by Crippen LogP contribution is -1.94. The molecule has 5 heteroatoms. The Labute approximate surface area is 144 Å². The van der Waals surface area contributed by atoms with Crippen LogP contribution in [0.4, 0.5) is 0 Å². The molecule has 0 fully saturated rings. The van der Waals surface area contributed by atoms with E-state index in [1.54, 1.807) is 11.3 Å². The molecule has 4 aromatic rings. The number of fused-ring (bicyclic) bond motifs is 1. The first kappa shape index (κ1) is 15.0. The van der Waals surface area contributed by atoms with E-state index in [-0.39, 0.29) is 0 Å². The summed E-state index contributed by atoms with van der Waals surface area (Å²) in [4.78, 5) is 0.861. The zero-order valence-electron chi connectivity index (χ0n) is 13.5. The van der Waals surface area contributed by atoms with E-state index in [2.05, 4.69) is 71.7 Å². The van der Waals surface area contributed by atoms with E-state index in [1.165, 1.54) is 11.1 Å². The highest BCUT2D eigenvalue weighted by atomic mass is 32.1. The normalized spacial score (nSPS) is 11.2. The van der Waals surface area contributed by atoms with Gasteiger partial charge in [0.1, 0.15) is 5.01 Å². The van der Waals surface area contributed by atoms with Gasteiger partial charge in [0.15, 0.2) is 5.82 Å². The smallest absolute Gasteiger partial charge is 0.183 e. The van der Waals surface area contributed by atoms with Gasteiger partial charge in [-0.2, -0.15) is 9.61 Å². The largest absolute Gasteiger partial charge is 0.234 e. The predicted molar refractivity (Wildman–Crippen MR) is 97.3 cm³/mol. The van der Waals surface area contributed by atoms with Crippen LogP contribution in [0.2, 0.25) is 0 Å². The number of aromatic nitrogens is 4. The molecule has 0 aliphatic heterocycles. The summed E-state index contributed by atoms with van der Waals surface area (Å²) in [5.41, 5.74) is 3.66. The summed E-state index contributed by atoms with van der Waals surface area (Å²) < 4.78 is 1.87. The monoisotopic (exact) mass is 334 g/mol. The molecule has 2 heterocycles. The van der Waals surface area contributed by atoms with E-state index >= 15 is 0 Å². The second-order valence-electron chi connectivity index (χ2n) is 5.92. The highest BCUT2D eigenvalue weighted by Gasteiger charge is 2.13. The van der Waals surface area contributed by atoms with Crippen LogP contribution >= 0.6 is 11.3 Å². The first-order valence-corrected chi connectivity index (χ1v) is 8.93. The summed E-state index contributed by atoms with van der Waals surface area (Å²) in [6, 6.07) is 18.9. The van der Waals surface area contributed by atoms with E-state index in [0.717, 1.165) is 40.6 Å². The SMILES string of the molecule is Cc1ccc(-c2nnc3sc(CCCc4ccccc4)nn23)cc1. The fourth-order valence-electron chi connectivity index (χ4n) is 2.73. The Balaban J connectivity index is 1.50. The van der Waals surface area contributed by atoms with E-state index in [0.29, 0.717) is 0 Å². The molecule has 4 nitrogen and oxygen atoms in total. The zero-order chi connectivity index (χ0) is 16.4. The fourth-order valence-corrected chi connectivity index (χ4v) is 3.60. The Kier molecular flexibility index (Phi) is 4.09. The summed E-state index contributed by atoms with van der Waals surface area (Å²) in [5, 5.41) is 14.4. The molecule has 0 aliphatic carbocycles. The molecule has 0 unspecified atom stereocenters. The van der Waals surface area contributed by atoms with Crippen molar-refractivity contribution >= 4 is 16.3 Å². The van der Waals surface area contributed by atoms with E-state index in [1.807, 2.05) is 4.52 Å². The Bertz CT molecular complexity index is 939. The van der Waals surface area contributed by atoms with Crippen LogP contribution in [0.1, 0.15) is 22.6 Å². The van der Waals surface area contributed by atoms with Crippen molar-refractivity contribution in [2.24, 2.45) is 0 Å². The van der Waals surface area contributed by atoms with Crippen LogP contribution in [0.15, 0.2) is 54.6 Å². The highest BCUT2D eigenvalue weighted by molar-refractivity contribution is 7.16. The van der Waals surface area contributed by atoms with Crippen molar-refractivity contribution in [3.8, 4) is 11.4 Å². The van der Waals surface area contributed by atoms with Crippen LogP contribution in [0.5, 0.6) is 0 Å². The van der Waals surface area contributed by atoms with Gasteiger partial charge < -0.3 is 0 Å². The Morgan fingerprint density at radius 2 is 1.71 bits per heavy atom. The number of hydrogen-bond acceptors (Lipinski definition) is 4. The third kappa shape index (κ3) is 3.08. The minimum atomic E-state index is 0.815. The number of benzene rings is 2. The molecule has 0 spiro atoms. The van der Waals surface area contributed by atoms with Gasteiger partial charge in [0.25, 0.3) is 0 Å². The second-order valence-corrected chi connectivity index (χ2v) is 6.96. The van der Waals surface area contributed by atoms with Crippen molar-refractivity contribution in [3.05, 3.63) is 70.7 Å². The van der Waals surface area contributed by atoms with Gasteiger partial charge in [-0.15, -0.1) is 10.2 Å². The summed E-state index contributed by atoms with van der Waals surface area (Å²) in [5.74, 6) is 0.815. The van der Waals surface area contributed by atoms with Crippen LogP contribution in [-0.4, -0.2) is 19.8 Å². The highest BCUT2D eigenvalue weighted by Crippen LogP contribution is 2.22. The van der Waals surface area contributed by atoms with Crippen molar-refractivity contribution in [2.45, 2.75) is 26.2 Å². The van der Waals surface area contributed by atoms with Crippen LogP contribution in [0, 0.1) is 6.92 Å². The maximum Gasteiger partial charge on any atom is 0.234 e. The first-order chi connectivity index (χ1) is 11.8. The fraction of sp³-hybridized carbons (Fsp3) is 0.211. The van der Waals surface area contributed by atoms with Crippen molar-refractivity contribution in [2.75, 3.05) is 0 Å². The molecule has 0 amide bonds. The molecule has 0 saturated heterocycles. The van der Waals surface area contributed by atoms with E-state index in [9.17, 15) is 0 Å². The molecule has 0 radical (unpaired) electrons. The molecule has 0 aliphatic rings.